The highest BCUT2D eigenvalue weighted by molar-refractivity contribution is 5.18. The maximum Gasteiger partial charge on any atom is 0.00176 e. The van der Waals surface area contributed by atoms with Crippen LogP contribution in [0.25, 0.3) is 0 Å². The predicted octanol–water partition coefficient (Wildman–Crippen LogP) is 3.04. The Bertz CT molecular complexity index is 293. The van der Waals surface area contributed by atoms with Crippen LogP contribution in [0.5, 0.6) is 0 Å². The van der Waals surface area contributed by atoms with E-state index in [-0.39, 0.29) is 0 Å². The van der Waals surface area contributed by atoms with Crippen molar-refractivity contribution in [2.45, 2.75) is 26.2 Å². The molecule has 1 aromatic carbocycles. The Balaban J connectivity index is 1.70. The van der Waals surface area contributed by atoms with Crippen molar-refractivity contribution in [2.24, 2.45) is 11.8 Å². The fraction of sp³-hybridized carbons (Fsp3) is 0.571. The summed E-state index contributed by atoms with van der Waals surface area (Å²) in [4.78, 5) is 0. The van der Waals surface area contributed by atoms with Gasteiger partial charge in [0.2, 0.25) is 0 Å². The van der Waals surface area contributed by atoms with Crippen LogP contribution < -0.4 is 5.32 Å². The van der Waals surface area contributed by atoms with E-state index in [9.17, 15) is 0 Å². The lowest BCUT2D eigenvalue weighted by atomic mass is 10.0. The van der Waals surface area contributed by atoms with Gasteiger partial charge in [-0.3, -0.25) is 0 Å². The fourth-order valence-electron chi connectivity index (χ4n) is 2.07. The van der Waals surface area contributed by atoms with Crippen LogP contribution in [0.2, 0.25) is 0 Å². The molecule has 1 heteroatoms. The van der Waals surface area contributed by atoms with Crippen LogP contribution >= 0.6 is 0 Å². The topological polar surface area (TPSA) is 12.0 Å². The van der Waals surface area contributed by atoms with E-state index in [1.54, 1.807) is 0 Å². The van der Waals surface area contributed by atoms with Crippen molar-refractivity contribution in [1.82, 2.24) is 5.32 Å². The Hall–Kier alpha value is -0.820. The third kappa shape index (κ3) is 3.07. The van der Waals surface area contributed by atoms with E-state index in [1.807, 2.05) is 0 Å². The second kappa shape index (κ2) is 4.80. The lowest BCUT2D eigenvalue weighted by Crippen LogP contribution is -2.22. The summed E-state index contributed by atoms with van der Waals surface area (Å²) in [6, 6.07) is 10.7. The maximum atomic E-state index is 3.58. The maximum absolute atomic E-state index is 3.58. The Kier molecular flexibility index (Phi) is 3.42. The third-order valence-corrected chi connectivity index (χ3v) is 3.50. The van der Waals surface area contributed by atoms with Gasteiger partial charge in [0.05, 0.1) is 0 Å². The molecule has 1 N–H and O–H groups in total. The van der Waals surface area contributed by atoms with Crippen LogP contribution in [0.4, 0.5) is 0 Å². The molecule has 0 radical (unpaired) electrons. The van der Waals surface area contributed by atoms with Crippen LogP contribution in [-0.4, -0.2) is 13.1 Å². The molecule has 15 heavy (non-hydrogen) atoms. The zero-order valence-electron chi connectivity index (χ0n) is 9.74. The molecule has 0 heterocycles. The first-order valence-corrected chi connectivity index (χ1v) is 6.03. The minimum absolute atomic E-state index is 0.625. The summed E-state index contributed by atoms with van der Waals surface area (Å²) < 4.78 is 0. The predicted molar refractivity (Wildman–Crippen MR) is 65.0 cm³/mol. The molecule has 3 unspecified atom stereocenters. The Labute approximate surface area is 92.9 Å². The number of benzene rings is 1. The molecule has 1 saturated carbocycles. The molecule has 1 aromatic rings. The van der Waals surface area contributed by atoms with Gasteiger partial charge in [-0.1, -0.05) is 44.2 Å². The summed E-state index contributed by atoms with van der Waals surface area (Å²) in [6.45, 7) is 6.94. The second-order valence-electron chi connectivity index (χ2n) is 4.94. The Morgan fingerprint density at radius 1 is 1.33 bits per heavy atom. The van der Waals surface area contributed by atoms with Crippen molar-refractivity contribution in [2.75, 3.05) is 13.1 Å². The van der Waals surface area contributed by atoms with Gasteiger partial charge in [0.15, 0.2) is 0 Å². The van der Waals surface area contributed by atoms with E-state index >= 15 is 0 Å². The molecule has 0 amide bonds. The number of hydrogen-bond donors (Lipinski definition) is 1. The molecule has 1 aliphatic rings. The van der Waals surface area contributed by atoms with Gasteiger partial charge in [-0.15, -0.1) is 0 Å². The quantitative estimate of drug-likeness (QED) is 0.775. The smallest absolute Gasteiger partial charge is 0.00176 e. The van der Waals surface area contributed by atoms with E-state index in [4.69, 9.17) is 0 Å². The first-order chi connectivity index (χ1) is 7.27. The summed E-state index contributed by atoms with van der Waals surface area (Å²) in [7, 11) is 0. The highest BCUT2D eigenvalue weighted by Gasteiger charge is 2.31. The van der Waals surface area contributed by atoms with Crippen LogP contribution in [0, 0.1) is 11.8 Å². The minimum Gasteiger partial charge on any atom is -0.316 e. The zero-order valence-corrected chi connectivity index (χ0v) is 9.74. The highest BCUT2D eigenvalue weighted by Crippen LogP contribution is 2.36. The zero-order chi connectivity index (χ0) is 10.7. The van der Waals surface area contributed by atoms with Gasteiger partial charge in [-0.05, 0) is 36.3 Å². The van der Waals surface area contributed by atoms with Crippen molar-refractivity contribution in [3.8, 4) is 0 Å². The average molecular weight is 203 g/mol. The first kappa shape index (κ1) is 10.7. The molecule has 0 aliphatic heterocycles. The van der Waals surface area contributed by atoms with Gasteiger partial charge in [-0.25, -0.2) is 0 Å². The van der Waals surface area contributed by atoms with Crippen LogP contribution in [0.1, 0.15) is 31.7 Å². The summed E-state index contributed by atoms with van der Waals surface area (Å²) >= 11 is 0. The molecular weight excluding hydrogens is 182 g/mol. The van der Waals surface area contributed by atoms with Crippen LogP contribution in [-0.2, 0) is 0 Å². The number of nitrogens with one attached hydrogen (secondary N) is 1. The van der Waals surface area contributed by atoms with Gasteiger partial charge in [0.1, 0.15) is 0 Å². The third-order valence-electron chi connectivity index (χ3n) is 3.50. The molecule has 0 bridgehead atoms. The molecule has 0 saturated heterocycles. The summed E-state index contributed by atoms with van der Waals surface area (Å²) in [5.74, 6) is 2.54. The van der Waals surface area contributed by atoms with Crippen molar-refractivity contribution >= 4 is 0 Å². The molecule has 0 aromatic heterocycles. The normalized spacial score (nSPS) is 26.3. The fourth-order valence-corrected chi connectivity index (χ4v) is 2.07. The highest BCUT2D eigenvalue weighted by atomic mass is 14.9. The average Bonchev–Trinajstić information content (AvgIpc) is 2.96. The molecule has 1 fully saturated rings. The monoisotopic (exact) mass is 203 g/mol. The van der Waals surface area contributed by atoms with Gasteiger partial charge >= 0.3 is 0 Å². The van der Waals surface area contributed by atoms with E-state index in [2.05, 4.69) is 49.5 Å². The van der Waals surface area contributed by atoms with E-state index in [0.717, 1.165) is 18.4 Å². The van der Waals surface area contributed by atoms with E-state index in [1.165, 1.54) is 18.5 Å². The Morgan fingerprint density at radius 3 is 2.60 bits per heavy atom. The lowest BCUT2D eigenvalue weighted by Gasteiger charge is -2.12. The number of hydrogen-bond acceptors (Lipinski definition) is 1. The van der Waals surface area contributed by atoms with Crippen molar-refractivity contribution < 1.29 is 0 Å². The summed E-state index contributed by atoms with van der Waals surface area (Å²) in [6.07, 6.45) is 1.42. The first-order valence-electron chi connectivity index (χ1n) is 6.03. The second-order valence-corrected chi connectivity index (χ2v) is 4.94. The summed E-state index contributed by atoms with van der Waals surface area (Å²) in [5, 5.41) is 3.58. The molecular formula is C14H21N. The number of rotatable bonds is 5. The standard InChI is InChI=1S/C14H21N/c1-11-8-14(11)10-15-9-12(2)13-6-4-3-5-7-13/h3-7,11-12,14-15H,8-10H2,1-2H3. The van der Waals surface area contributed by atoms with Gasteiger partial charge in [0, 0.05) is 6.54 Å². The van der Waals surface area contributed by atoms with Crippen molar-refractivity contribution in [3.63, 3.8) is 0 Å². The van der Waals surface area contributed by atoms with Crippen LogP contribution in [0.3, 0.4) is 0 Å². The van der Waals surface area contributed by atoms with Crippen molar-refractivity contribution in [3.05, 3.63) is 35.9 Å². The Morgan fingerprint density at radius 2 is 2.00 bits per heavy atom. The van der Waals surface area contributed by atoms with Gasteiger partial charge in [0.25, 0.3) is 0 Å². The lowest BCUT2D eigenvalue weighted by molar-refractivity contribution is 0.572. The molecule has 2 rings (SSSR count). The minimum atomic E-state index is 0.625. The molecule has 82 valence electrons. The van der Waals surface area contributed by atoms with E-state index < -0.39 is 0 Å². The van der Waals surface area contributed by atoms with Crippen molar-refractivity contribution in [1.29, 1.82) is 0 Å². The SMILES string of the molecule is CC(CNCC1CC1C)c1ccccc1. The van der Waals surface area contributed by atoms with Gasteiger partial charge < -0.3 is 5.32 Å². The van der Waals surface area contributed by atoms with E-state index in [0.29, 0.717) is 5.92 Å². The van der Waals surface area contributed by atoms with Gasteiger partial charge in [-0.2, -0.15) is 0 Å². The van der Waals surface area contributed by atoms with Crippen LogP contribution in [0.15, 0.2) is 30.3 Å². The summed E-state index contributed by atoms with van der Waals surface area (Å²) in [5.41, 5.74) is 1.44. The largest absolute Gasteiger partial charge is 0.316 e. The molecule has 3 atom stereocenters. The molecule has 1 nitrogen and oxygen atoms in total. The molecule has 0 spiro atoms. The molecule has 1 aliphatic carbocycles.